The number of phenolic OH excluding ortho intramolecular Hbond substituents is 2. The predicted molar refractivity (Wildman–Crippen MR) is 118 cm³/mol. The Balaban J connectivity index is 1.91. The molecular formula is C24H26N2O7. The molecule has 0 bridgehead atoms. The van der Waals surface area contributed by atoms with Crippen molar-refractivity contribution in [2.45, 2.75) is 31.8 Å². The van der Waals surface area contributed by atoms with Gasteiger partial charge in [-0.05, 0) is 30.5 Å². The van der Waals surface area contributed by atoms with Crippen molar-refractivity contribution in [3.8, 4) is 17.2 Å². The van der Waals surface area contributed by atoms with Crippen LogP contribution in [-0.2, 0) is 14.4 Å². The number of carboxylic acids is 1. The Morgan fingerprint density at radius 2 is 1.85 bits per heavy atom. The van der Waals surface area contributed by atoms with Gasteiger partial charge in [0.25, 0.3) is 0 Å². The number of para-hydroxylation sites is 2. The van der Waals surface area contributed by atoms with Gasteiger partial charge in [-0.25, -0.2) is 4.90 Å². The lowest BCUT2D eigenvalue weighted by molar-refractivity contribution is -0.149. The quantitative estimate of drug-likeness (QED) is 0.489. The standard InChI is InChI=1S/C24H26N2O7/c1-12(2)11-24(23(31)32)19-18(20(25-24)14-9-8-13(27)10-16(14)28)21(29)26(22(19)30)15-6-4-5-7-17(15)33-3/h4-10,12,18-20,25,27-28H,11H2,1-3H3,(H,31,32)/t18-,19-,20-,24+/m0/s1. The number of hydrogen-bond acceptors (Lipinski definition) is 7. The average molecular weight is 454 g/mol. The van der Waals surface area contributed by atoms with Crippen molar-refractivity contribution in [2.75, 3.05) is 12.0 Å². The van der Waals surface area contributed by atoms with Crippen LogP contribution in [0.15, 0.2) is 42.5 Å². The third-order valence-corrected chi connectivity index (χ3v) is 6.44. The Morgan fingerprint density at radius 3 is 2.45 bits per heavy atom. The van der Waals surface area contributed by atoms with Gasteiger partial charge < -0.3 is 20.1 Å². The molecule has 0 unspecified atom stereocenters. The summed E-state index contributed by atoms with van der Waals surface area (Å²) < 4.78 is 5.34. The Morgan fingerprint density at radius 1 is 1.15 bits per heavy atom. The van der Waals surface area contributed by atoms with Crippen LogP contribution in [0.2, 0.25) is 0 Å². The van der Waals surface area contributed by atoms with Gasteiger partial charge in [0.15, 0.2) is 0 Å². The van der Waals surface area contributed by atoms with Crippen LogP contribution in [0.5, 0.6) is 17.2 Å². The van der Waals surface area contributed by atoms with Crippen LogP contribution in [0.25, 0.3) is 0 Å². The van der Waals surface area contributed by atoms with Gasteiger partial charge in [-0.2, -0.15) is 0 Å². The second-order valence-electron chi connectivity index (χ2n) is 8.93. The SMILES string of the molecule is COc1ccccc1N1C(=O)[C@H]2[C@@H](C1=O)[C@](CC(C)C)(C(=O)O)N[C@H]2c1ccc(O)cc1O. The van der Waals surface area contributed by atoms with Gasteiger partial charge in [0.1, 0.15) is 22.8 Å². The summed E-state index contributed by atoms with van der Waals surface area (Å²) in [5, 5.41) is 33.6. The minimum Gasteiger partial charge on any atom is -0.508 e. The van der Waals surface area contributed by atoms with Gasteiger partial charge in [0, 0.05) is 17.7 Å². The highest BCUT2D eigenvalue weighted by atomic mass is 16.5. The molecule has 2 heterocycles. The highest BCUT2D eigenvalue weighted by Gasteiger charge is 2.69. The molecular weight excluding hydrogens is 428 g/mol. The van der Waals surface area contributed by atoms with Crippen LogP contribution in [0.3, 0.4) is 0 Å². The molecule has 174 valence electrons. The fourth-order valence-electron chi connectivity index (χ4n) is 5.23. The number of aliphatic carboxylic acids is 1. The zero-order valence-electron chi connectivity index (χ0n) is 18.5. The van der Waals surface area contributed by atoms with E-state index in [1.807, 2.05) is 13.8 Å². The molecule has 0 radical (unpaired) electrons. The van der Waals surface area contributed by atoms with Gasteiger partial charge in [-0.1, -0.05) is 32.0 Å². The molecule has 0 saturated carbocycles. The number of nitrogens with one attached hydrogen (secondary N) is 1. The van der Waals surface area contributed by atoms with Crippen molar-refractivity contribution < 1.29 is 34.4 Å². The molecule has 9 heteroatoms. The molecule has 2 amide bonds. The fourth-order valence-corrected chi connectivity index (χ4v) is 5.23. The second-order valence-corrected chi connectivity index (χ2v) is 8.93. The first kappa shape index (κ1) is 22.6. The molecule has 4 N–H and O–H groups in total. The first-order chi connectivity index (χ1) is 15.6. The smallest absolute Gasteiger partial charge is 0.324 e. The lowest BCUT2D eigenvalue weighted by Gasteiger charge is -2.32. The topological polar surface area (TPSA) is 136 Å². The van der Waals surface area contributed by atoms with E-state index in [4.69, 9.17) is 4.74 Å². The highest BCUT2D eigenvalue weighted by molar-refractivity contribution is 6.24. The molecule has 2 saturated heterocycles. The number of carbonyl (C=O) groups excluding carboxylic acids is 2. The monoisotopic (exact) mass is 454 g/mol. The van der Waals surface area contributed by atoms with Crippen molar-refractivity contribution in [3.63, 3.8) is 0 Å². The maximum absolute atomic E-state index is 13.7. The Labute approximate surface area is 190 Å². The van der Waals surface area contributed by atoms with Crippen molar-refractivity contribution in [1.29, 1.82) is 0 Å². The molecule has 2 aliphatic heterocycles. The first-order valence-electron chi connectivity index (χ1n) is 10.7. The first-order valence-corrected chi connectivity index (χ1v) is 10.7. The number of carbonyl (C=O) groups is 3. The number of aromatic hydroxyl groups is 2. The van der Waals surface area contributed by atoms with Crippen LogP contribution in [0.1, 0.15) is 31.9 Å². The van der Waals surface area contributed by atoms with E-state index in [9.17, 15) is 29.7 Å². The van der Waals surface area contributed by atoms with E-state index in [0.29, 0.717) is 5.75 Å². The van der Waals surface area contributed by atoms with Crippen LogP contribution in [0.4, 0.5) is 5.69 Å². The number of imide groups is 1. The number of carboxylic acid groups (broad SMARTS) is 1. The summed E-state index contributed by atoms with van der Waals surface area (Å²) in [5.74, 6) is -5.01. The fraction of sp³-hybridized carbons (Fsp3) is 0.375. The number of phenols is 2. The van der Waals surface area contributed by atoms with E-state index in [0.717, 1.165) is 11.0 Å². The van der Waals surface area contributed by atoms with E-state index in [-0.39, 0.29) is 35.1 Å². The molecule has 2 aromatic carbocycles. The molecule has 2 fully saturated rings. The van der Waals surface area contributed by atoms with Crippen LogP contribution < -0.4 is 15.0 Å². The van der Waals surface area contributed by atoms with Crippen LogP contribution in [0, 0.1) is 17.8 Å². The summed E-state index contributed by atoms with van der Waals surface area (Å²) in [6.45, 7) is 3.68. The Kier molecular flexibility index (Phi) is 5.53. The van der Waals surface area contributed by atoms with E-state index in [2.05, 4.69) is 5.32 Å². The average Bonchev–Trinajstić information content (AvgIpc) is 3.22. The molecule has 4 atom stereocenters. The van der Waals surface area contributed by atoms with E-state index in [1.54, 1.807) is 24.3 Å². The normalized spacial score (nSPS) is 26.7. The number of hydrogen-bond donors (Lipinski definition) is 4. The lowest BCUT2D eigenvalue weighted by Crippen LogP contribution is -2.56. The van der Waals surface area contributed by atoms with Crippen molar-refractivity contribution in [2.24, 2.45) is 17.8 Å². The molecule has 4 rings (SSSR count). The third-order valence-electron chi connectivity index (χ3n) is 6.44. The number of benzene rings is 2. The largest absolute Gasteiger partial charge is 0.508 e. The summed E-state index contributed by atoms with van der Waals surface area (Å²) in [5.41, 5.74) is -1.25. The minimum absolute atomic E-state index is 0.0949. The van der Waals surface area contributed by atoms with Gasteiger partial charge in [0.2, 0.25) is 11.8 Å². The number of anilines is 1. The van der Waals surface area contributed by atoms with Crippen molar-refractivity contribution in [1.82, 2.24) is 5.32 Å². The van der Waals surface area contributed by atoms with Gasteiger partial charge >= 0.3 is 5.97 Å². The molecule has 0 spiro atoms. The van der Waals surface area contributed by atoms with E-state index >= 15 is 0 Å². The summed E-state index contributed by atoms with van der Waals surface area (Å²) in [6.07, 6.45) is 0.0949. The predicted octanol–water partition coefficient (Wildman–Crippen LogP) is 2.43. The highest BCUT2D eigenvalue weighted by Crippen LogP contribution is 2.53. The van der Waals surface area contributed by atoms with E-state index in [1.165, 1.54) is 19.2 Å². The molecule has 0 aliphatic carbocycles. The molecule has 0 aromatic heterocycles. The van der Waals surface area contributed by atoms with Crippen molar-refractivity contribution in [3.05, 3.63) is 48.0 Å². The summed E-state index contributed by atoms with van der Waals surface area (Å²) in [7, 11) is 1.42. The summed E-state index contributed by atoms with van der Waals surface area (Å²) in [6, 6.07) is 9.48. The van der Waals surface area contributed by atoms with Crippen molar-refractivity contribution >= 4 is 23.5 Å². The Bertz CT molecular complexity index is 1130. The number of fused-ring (bicyclic) bond motifs is 1. The summed E-state index contributed by atoms with van der Waals surface area (Å²) >= 11 is 0. The summed E-state index contributed by atoms with van der Waals surface area (Å²) in [4.78, 5) is 41.1. The van der Waals surface area contributed by atoms with Gasteiger partial charge in [0.05, 0.1) is 24.6 Å². The molecule has 2 aromatic rings. The molecule has 33 heavy (non-hydrogen) atoms. The van der Waals surface area contributed by atoms with Gasteiger partial charge in [-0.3, -0.25) is 19.7 Å². The maximum atomic E-state index is 13.7. The van der Waals surface area contributed by atoms with Gasteiger partial charge in [-0.15, -0.1) is 0 Å². The zero-order chi connectivity index (χ0) is 24.1. The zero-order valence-corrected chi connectivity index (χ0v) is 18.5. The van der Waals surface area contributed by atoms with Crippen LogP contribution >= 0.6 is 0 Å². The number of rotatable bonds is 6. The minimum atomic E-state index is -1.72. The molecule has 9 nitrogen and oxygen atoms in total. The number of amides is 2. The number of methoxy groups -OCH3 is 1. The van der Waals surface area contributed by atoms with Crippen LogP contribution in [-0.4, -0.2) is 45.8 Å². The lowest BCUT2D eigenvalue weighted by atomic mass is 9.75. The maximum Gasteiger partial charge on any atom is 0.324 e. The Hall–Kier alpha value is -3.59. The third kappa shape index (κ3) is 3.39. The number of nitrogens with zero attached hydrogens (tertiary/aromatic N) is 1. The van der Waals surface area contributed by atoms with E-state index < -0.39 is 41.2 Å². The molecule has 2 aliphatic rings. The number of ether oxygens (including phenoxy) is 1. The second kappa shape index (κ2) is 8.08.